The number of hydrogen-bond acceptors (Lipinski definition) is 5. The lowest BCUT2D eigenvalue weighted by Gasteiger charge is -2.46. The summed E-state index contributed by atoms with van der Waals surface area (Å²) in [6, 6.07) is 14.1. The van der Waals surface area contributed by atoms with E-state index in [1.54, 1.807) is 16.4 Å². The standard InChI is InChI=1S/C26H28ClF3N4O2S/c1-18-17-32(12-13-34(18)25-24(27)15-21(16-31-25)26(28,29)30)22-8-10-33(11-9-22)37(35,36)23-7-6-19-4-2-3-5-20(19)14-23/h2-7,14-16,18,22H,8-13,17H2,1H3. The minimum Gasteiger partial charge on any atom is -0.350 e. The Morgan fingerprint density at radius 3 is 2.32 bits per heavy atom. The van der Waals surface area contributed by atoms with Gasteiger partial charge >= 0.3 is 6.18 Å². The second kappa shape index (κ2) is 10.1. The van der Waals surface area contributed by atoms with Crippen LogP contribution in [0.1, 0.15) is 25.3 Å². The molecule has 198 valence electrons. The molecule has 3 heterocycles. The smallest absolute Gasteiger partial charge is 0.350 e. The Morgan fingerprint density at radius 2 is 1.68 bits per heavy atom. The molecule has 11 heteroatoms. The number of aromatic nitrogens is 1. The Hall–Kier alpha value is -2.40. The number of rotatable bonds is 4. The predicted octanol–water partition coefficient (Wildman–Crippen LogP) is 5.27. The molecule has 0 radical (unpaired) electrons. The largest absolute Gasteiger partial charge is 0.417 e. The van der Waals surface area contributed by atoms with Gasteiger partial charge in [0.15, 0.2) is 0 Å². The lowest BCUT2D eigenvalue weighted by atomic mass is 10.0. The Bertz CT molecular complexity index is 1390. The molecule has 2 fully saturated rings. The number of fused-ring (bicyclic) bond motifs is 1. The van der Waals surface area contributed by atoms with Gasteiger partial charge in [-0.1, -0.05) is 41.9 Å². The van der Waals surface area contributed by atoms with Gasteiger partial charge in [-0.05, 0) is 48.7 Å². The minimum absolute atomic E-state index is 0.00477. The van der Waals surface area contributed by atoms with Crippen molar-refractivity contribution in [2.45, 2.75) is 42.9 Å². The van der Waals surface area contributed by atoms with Crippen LogP contribution in [0.2, 0.25) is 5.02 Å². The van der Waals surface area contributed by atoms with E-state index in [1.807, 2.05) is 42.2 Å². The summed E-state index contributed by atoms with van der Waals surface area (Å²) in [4.78, 5) is 8.63. The zero-order chi connectivity index (χ0) is 26.4. The van der Waals surface area contributed by atoms with Gasteiger partial charge in [-0.15, -0.1) is 0 Å². The highest BCUT2D eigenvalue weighted by Crippen LogP contribution is 2.35. The van der Waals surface area contributed by atoms with E-state index in [1.165, 1.54) is 0 Å². The number of hydrogen-bond donors (Lipinski definition) is 0. The third kappa shape index (κ3) is 5.30. The average molecular weight is 553 g/mol. The SMILES string of the molecule is CC1CN(C2CCN(S(=O)(=O)c3ccc4ccccc4c3)CC2)CCN1c1ncc(C(F)(F)F)cc1Cl. The summed E-state index contributed by atoms with van der Waals surface area (Å²) in [6.07, 6.45) is -2.22. The highest BCUT2D eigenvalue weighted by atomic mass is 35.5. The lowest BCUT2D eigenvalue weighted by Crippen LogP contribution is -2.57. The van der Waals surface area contributed by atoms with Crippen molar-refractivity contribution < 1.29 is 21.6 Å². The van der Waals surface area contributed by atoms with Gasteiger partial charge in [-0.25, -0.2) is 13.4 Å². The highest BCUT2D eigenvalue weighted by molar-refractivity contribution is 7.89. The Balaban J connectivity index is 1.21. The van der Waals surface area contributed by atoms with Crippen molar-refractivity contribution in [2.75, 3.05) is 37.6 Å². The number of alkyl halides is 3. The average Bonchev–Trinajstić information content (AvgIpc) is 2.88. The fraction of sp³-hybridized carbons (Fsp3) is 0.423. The van der Waals surface area contributed by atoms with Crippen LogP contribution >= 0.6 is 11.6 Å². The third-order valence-corrected chi connectivity index (χ3v) is 9.55. The van der Waals surface area contributed by atoms with Crippen LogP contribution in [0.3, 0.4) is 0 Å². The maximum atomic E-state index is 13.3. The number of sulfonamides is 1. The third-order valence-electron chi connectivity index (χ3n) is 7.38. The quantitative estimate of drug-likeness (QED) is 0.441. The normalized spacial score (nSPS) is 21.0. The maximum Gasteiger partial charge on any atom is 0.417 e. The monoisotopic (exact) mass is 552 g/mol. The van der Waals surface area contributed by atoms with Crippen molar-refractivity contribution in [3.05, 3.63) is 65.3 Å². The fourth-order valence-electron chi connectivity index (χ4n) is 5.35. The summed E-state index contributed by atoms with van der Waals surface area (Å²) in [7, 11) is -3.58. The van der Waals surface area contributed by atoms with Gasteiger partial charge in [-0.2, -0.15) is 17.5 Å². The summed E-state index contributed by atoms with van der Waals surface area (Å²) in [5, 5.41) is 1.89. The van der Waals surface area contributed by atoms with Crippen molar-refractivity contribution in [2.24, 2.45) is 0 Å². The number of nitrogens with zero attached hydrogens (tertiary/aromatic N) is 4. The number of benzene rings is 2. The molecule has 3 aromatic rings. The molecule has 0 N–H and O–H groups in total. The molecule has 1 atom stereocenters. The molecule has 2 aliphatic rings. The second-order valence-electron chi connectivity index (χ2n) is 9.71. The summed E-state index contributed by atoms with van der Waals surface area (Å²) in [5.41, 5.74) is -0.863. The minimum atomic E-state index is -4.49. The molecule has 5 rings (SSSR count). The second-order valence-corrected chi connectivity index (χ2v) is 12.1. The molecule has 1 unspecified atom stereocenters. The molecule has 0 bridgehead atoms. The van der Waals surface area contributed by atoms with Crippen LogP contribution in [0.15, 0.2) is 59.6 Å². The maximum absolute atomic E-state index is 13.3. The first-order valence-electron chi connectivity index (χ1n) is 12.3. The van der Waals surface area contributed by atoms with Gasteiger partial charge in [0.1, 0.15) is 5.82 Å². The molecule has 2 saturated heterocycles. The Morgan fingerprint density at radius 1 is 0.973 bits per heavy atom. The van der Waals surface area contributed by atoms with Gasteiger partial charge in [0.25, 0.3) is 0 Å². The number of halogens is 4. The summed E-state index contributed by atoms with van der Waals surface area (Å²) in [6.45, 7) is 4.87. The summed E-state index contributed by atoms with van der Waals surface area (Å²) >= 11 is 6.18. The number of piperazine rings is 1. The molecular weight excluding hydrogens is 525 g/mol. The van der Waals surface area contributed by atoms with Crippen LogP contribution in [0.25, 0.3) is 10.8 Å². The number of piperidine rings is 1. The lowest BCUT2D eigenvalue weighted by molar-refractivity contribution is -0.137. The van der Waals surface area contributed by atoms with E-state index in [9.17, 15) is 21.6 Å². The van der Waals surface area contributed by atoms with Gasteiger partial charge in [0, 0.05) is 51.0 Å². The molecule has 2 aliphatic heterocycles. The van der Waals surface area contributed by atoms with E-state index in [4.69, 9.17) is 11.6 Å². The van der Waals surface area contributed by atoms with Crippen LogP contribution < -0.4 is 4.90 Å². The molecule has 37 heavy (non-hydrogen) atoms. The van der Waals surface area contributed by atoms with Crippen molar-refractivity contribution in [1.82, 2.24) is 14.2 Å². The van der Waals surface area contributed by atoms with Gasteiger partial charge < -0.3 is 4.90 Å². The first-order chi connectivity index (χ1) is 17.5. The molecule has 1 aromatic heterocycles. The molecule has 0 amide bonds. The molecule has 0 aliphatic carbocycles. The molecule has 2 aromatic carbocycles. The fourth-order valence-corrected chi connectivity index (χ4v) is 7.13. The number of pyridine rings is 1. The Labute approximate surface area is 219 Å². The van der Waals surface area contributed by atoms with Gasteiger partial charge in [-0.3, -0.25) is 4.90 Å². The van der Waals surface area contributed by atoms with Gasteiger partial charge in [0.2, 0.25) is 10.0 Å². The van der Waals surface area contributed by atoms with Crippen LogP contribution in [0.4, 0.5) is 19.0 Å². The Kier molecular flexibility index (Phi) is 7.12. The molecule has 0 spiro atoms. The van der Waals surface area contributed by atoms with E-state index < -0.39 is 21.8 Å². The number of anilines is 1. The van der Waals surface area contributed by atoms with Crippen LogP contribution in [-0.2, 0) is 16.2 Å². The zero-order valence-corrected chi connectivity index (χ0v) is 21.9. The van der Waals surface area contributed by atoms with Crippen LogP contribution in [0.5, 0.6) is 0 Å². The first kappa shape index (κ1) is 26.2. The van der Waals surface area contributed by atoms with Gasteiger partial charge in [0.05, 0.1) is 15.5 Å². The van der Waals surface area contributed by atoms with Crippen molar-refractivity contribution >= 4 is 38.2 Å². The van der Waals surface area contributed by atoms with Crippen molar-refractivity contribution in [1.29, 1.82) is 0 Å². The summed E-state index contributed by atoms with van der Waals surface area (Å²) < 4.78 is 67.1. The van der Waals surface area contributed by atoms with E-state index >= 15 is 0 Å². The van der Waals surface area contributed by atoms with Crippen LogP contribution in [-0.4, -0.2) is 67.4 Å². The van der Waals surface area contributed by atoms with Crippen molar-refractivity contribution in [3.8, 4) is 0 Å². The molecule has 0 saturated carbocycles. The first-order valence-corrected chi connectivity index (χ1v) is 14.1. The summed E-state index contributed by atoms with van der Waals surface area (Å²) in [5.74, 6) is 0.359. The zero-order valence-electron chi connectivity index (χ0n) is 20.3. The molecular formula is C26H28ClF3N4O2S. The van der Waals surface area contributed by atoms with E-state index in [0.29, 0.717) is 43.4 Å². The molecule has 6 nitrogen and oxygen atoms in total. The topological polar surface area (TPSA) is 56.8 Å². The van der Waals surface area contributed by atoms with E-state index in [-0.39, 0.29) is 17.1 Å². The van der Waals surface area contributed by atoms with Crippen molar-refractivity contribution in [3.63, 3.8) is 0 Å². The van der Waals surface area contributed by atoms with E-state index in [0.717, 1.165) is 35.9 Å². The van der Waals surface area contributed by atoms with Crippen LogP contribution in [0, 0.1) is 0 Å². The highest BCUT2D eigenvalue weighted by Gasteiger charge is 2.36. The predicted molar refractivity (Wildman–Crippen MR) is 138 cm³/mol. The van der Waals surface area contributed by atoms with E-state index in [2.05, 4.69) is 9.88 Å².